The highest BCUT2D eigenvalue weighted by Crippen LogP contribution is 2.26. The molecule has 0 saturated carbocycles. The number of hydrogen-bond donors (Lipinski definition) is 2. The van der Waals surface area contributed by atoms with Crippen molar-refractivity contribution >= 4 is 23.6 Å². The van der Waals surface area contributed by atoms with Crippen LogP contribution in [0.15, 0.2) is 53.4 Å². The third-order valence-electron chi connectivity index (χ3n) is 3.39. The van der Waals surface area contributed by atoms with Crippen LogP contribution in [0.2, 0.25) is 0 Å². The number of amides is 2. The maximum Gasteiger partial charge on any atom is 0.252 e. The lowest BCUT2D eigenvalue weighted by atomic mass is 10.1. The van der Waals surface area contributed by atoms with E-state index in [9.17, 15) is 9.59 Å². The van der Waals surface area contributed by atoms with Crippen LogP contribution in [0.25, 0.3) is 0 Å². The first-order valence-electron chi connectivity index (χ1n) is 7.86. The van der Waals surface area contributed by atoms with Gasteiger partial charge in [0.15, 0.2) is 0 Å². The molecule has 2 aromatic carbocycles. The molecule has 0 unspecified atom stereocenters. The van der Waals surface area contributed by atoms with Crippen LogP contribution in [0.5, 0.6) is 0 Å². The van der Waals surface area contributed by atoms with Gasteiger partial charge in [0.1, 0.15) is 0 Å². The first-order valence-corrected chi connectivity index (χ1v) is 8.74. The van der Waals surface area contributed by atoms with E-state index in [2.05, 4.69) is 24.5 Å². The van der Waals surface area contributed by atoms with E-state index in [1.54, 1.807) is 30.9 Å². The number of thioether (sulfide) groups is 1. The zero-order chi connectivity index (χ0) is 17.5. The highest BCUT2D eigenvalue weighted by molar-refractivity contribution is 8.00. The topological polar surface area (TPSA) is 58.2 Å². The number of nitrogens with one attached hydrogen (secondary N) is 2. The summed E-state index contributed by atoms with van der Waals surface area (Å²) in [5.41, 5.74) is 2.24. The average molecular weight is 342 g/mol. The van der Waals surface area contributed by atoms with E-state index in [1.165, 1.54) is 0 Å². The fourth-order valence-corrected chi connectivity index (χ4v) is 3.16. The molecule has 0 aliphatic carbocycles. The fourth-order valence-electron chi connectivity index (χ4n) is 2.21. The van der Waals surface area contributed by atoms with Gasteiger partial charge >= 0.3 is 0 Å². The molecule has 0 saturated heterocycles. The van der Waals surface area contributed by atoms with Gasteiger partial charge in [0, 0.05) is 29.3 Å². The van der Waals surface area contributed by atoms with E-state index in [4.69, 9.17) is 0 Å². The van der Waals surface area contributed by atoms with Crippen molar-refractivity contribution < 1.29 is 9.59 Å². The fraction of sp³-hybridized carbons (Fsp3) is 0.263. The minimum atomic E-state index is -0.120. The highest BCUT2D eigenvalue weighted by Gasteiger charge is 2.12. The van der Waals surface area contributed by atoms with E-state index in [0.717, 1.165) is 10.5 Å². The largest absolute Gasteiger partial charge is 0.355 e. The summed E-state index contributed by atoms with van der Waals surface area (Å²) in [4.78, 5) is 25.0. The summed E-state index contributed by atoms with van der Waals surface area (Å²) >= 11 is 1.68. The molecule has 5 heteroatoms. The van der Waals surface area contributed by atoms with Crippen molar-refractivity contribution in [2.24, 2.45) is 0 Å². The third-order valence-corrected chi connectivity index (χ3v) is 4.47. The van der Waals surface area contributed by atoms with Gasteiger partial charge in [0.05, 0.1) is 5.56 Å². The summed E-state index contributed by atoms with van der Waals surface area (Å²) in [5, 5.41) is 5.94. The Labute approximate surface area is 147 Å². The quantitative estimate of drug-likeness (QED) is 0.790. The molecular formula is C19H22N2O2S. The van der Waals surface area contributed by atoms with Crippen LogP contribution < -0.4 is 10.6 Å². The van der Waals surface area contributed by atoms with Gasteiger partial charge in [-0.15, -0.1) is 11.8 Å². The van der Waals surface area contributed by atoms with Crippen LogP contribution in [-0.4, -0.2) is 24.1 Å². The van der Waals surface area contributed by atoms with Crippen LogP contribution in [0.4, 0.5) is 0 Å². The number of hydrogen-bond acceptors (Lipinski definition) is 3. The lowest BCUT2D eigenvalue weighted by Gasteiger charge is -2.11. The second-order valence-electron chi connectivity index (χ2n) is 5.62. The van der Waals surface area contributed by atoms with Crippen LogP contribution in [0.1, 0.15) is 40.1 Å². The number of benzene rings is 2. The number of carbonyl (C=O) groups excluding carboxylic acids is 2. The zero-order valence-corrected chi connectivity index (χ0v) is 14.9. The lowest BCUT2D eigenvalue weighted by Crippen LogP contribution is -2.23. The second kappa shape index (κ2) is 8.55. The molecule has 2 amide bonds. The highest BCUT2D eigenvalue weighted by atomic mass is 32.2. The minimum absolute atomic E-state index is 0.0888. The molecule has 2 N–H and O–H groups in total. The first kappa shape index (κ1) is 18.1. The molecule has 0 radical (unpaired) electrons. The molecular weight excluding hydrogens is 320 g/mol. The SMILES string of the molecule is CNC(=O)c1ccc(CNC(=O)c2ccccc2SC(C)C)cc1. The molecule has 2 rings (SSSR count). The van der Waals surface area contributed by atoms with Crippen molar-refractivity contribution in [3.8, 4) is 0 Å². The molecule has 0 aliphatic rings. The lowest BCUT2D eigenvalue weighted by molar-refractivity contribution is 0.0943. The summed E-state index contributed by atoms with van der Waals surface area (Å²) in [6.45, 7) is 4.63. The van der Waals surface area contributed by atoms with Gasteiger partial charge in [-0.25, -0.2) is 0 Å². The standard InChI is InChI=1S/C19H22N2O2S/c1-13(2)24-17-7-5-4-6-16(17)19(23)21-12-14-8-10-15(11-9-14)18(22)20-3/h4-11,13H,12H2,1-3H3,(H,20,22)(H,21,23). The van der Waals surface area contributed by atoms with Gasteiger partial charge in [0.25, 0.3) is 11.8 Å². The van der Waals surface area contributed by atoms with E-state index in [-0.39, 0.29) is 11.8 Å². The van der Waals surface area contributed by atoms with Gasteiger partial charge in [-0.1, -0.05) is 38.1 Å². The third kappa shape index (κ3) is 4.86. The van der Waals surface area contributed by atoms with Gasteiger partial charge in [-0.2, -0.15) is 0 Å². The van der Waals surface area contributed by atoms with Crippen molar-refractivity contribution in [3.63, 3.8) is 0 Å². The van der Waals surface area contributed by atoms with Crippen molar-refractivity contribution in [2.45, 2.75) is 30.5 Å². The van der Waals surface area contributed by atoms with E-state index in [0.29, 0.717) is 22.9 Å². The Morgan fingerprint density at radius 1 is 1.00 bits per heavy atom. The minimum Gasteiger partial charge on any atom is -0.355 e. The monoisotopic (exact) mass is 342 g/mol. The van der Waals surface area contributed by atoms with Gasteiger partial charge in [0.2, 0.25) is 0 Å². The molecule has 0 atom stereocenters. The van der Waals surface area contributed by atoms with Crippen LogP contribution in [-0.2, 0) is 6.54 Å². The molecule has 2 aromatic rings. The number of rotatable bonds is 6. The molecule has 0 fully saturated rings. The predicted molar refractivity (Wildman–Crippen MR) is 98.4 cm³/mol. The molecule has 0 heterocycles. The van der Waals surface area contributed by atoms with E-state index in [1.807, 2.05) is 36.4 Å². The molecule has 0 spiro atoms. The summed E-state index contributed by atoms with van der Waals surface area (Å²) in [6, 6.07) is 14.8. The Morgan fingerprint density at radius 3 is 2.29 bits per heavy atom. The first-order chi connectivity index (χ1) is 11.5. The van der Waals surface area contributed by atoms with Crippen LogP contribution in [0.3, 0.4) is 0 Å². The molecule has 0 aromatic heterocycles. The van der Waals surface area contributed by atoms with Gasteiger partial charge < -0.3 is 10.6 Å². The molecule has 0 aliphatic heterocycles. The molecule has 0 bridgehead atoms. The van der Waals surface area contributed by atoms with Crippen LogP contribution in [0, 0.1) is 0 Å². The predicted octanol–water partition coefficient (Wildman–Crippen LogP) is 3.48. The van der Waals surface area contributed by atoms with Gasteiger partial charge in [-0.3, -0.25) is 9.59 Å². The summed E-state index contributed by atoms with van der Waals surface area (Å²) in [5.74, 6) is -0.209. The smallest absolute Gasteiger partial charge is 0.252 e. The molecule has 126 valence electrons. The second-order valence-corrected chi connectivity index (χ2v) is 7.24. The Hall–Kier alpha value is -2.27. The van der Waals surface area contributed by atoms with Crippen LogP contribution >= 0.6 is 11.8 Å². The van der Waals surface area contributed by atoms with Crippen molar-refractivity contribution in [3.05, 3.63) is 65.2 Å². The van der Waals surface area contributed by atoms with Crippen molar-refractivity contribution in [1.29, 1.82) is 0 Å². The number of carbonyl (C=O) groups is 2. The Bertz CT molecular complexity index is 712. The Kier molecular flexibility index (Phi) is 6.44. The van der Waals surface area contributed by atoms with Crippen molar-refractivity contribution in [2.75, 3.05) is 7.05 Å². The average Bonchev–Trinajstić information content (AvgIpc) is 2.59. The normalized spacial score (nSPS) is 10.5. The molecule has 4 nitrogen and oxygen atoms in total. The Balaban J connectivity index is 2.02. The zero-order valence-electron chi connectivity index (χ0n) is 14.1. The van der Waals surface area contributed by atoms with Crippen molar-refractivity contribution in [1.82, 2.24) is 10.6 Å². The van der Waals surface area contributed by atoms with E-state index < -0.39 is 0 Å². The maximum absolute atomic E-state index is 12.5. The summed E-state index contributed by atoms with van der Waals surface area (Å²) < 4.78 is 0. The summed E-state index contributed by atoms with van der Waals surface area (Å²) in [6.07, 6.45) is 0. The summed E-state index contributed by atoms with van der Waals surface area (Å²) in [7, 11) is 1.60. The maximum atomic E-state index is 12.5. The molecule has 24 heavy (non-hydrogen) atoms. The Morgan fingerprint density at radius 2 is 1.67 bits per heavy atom. The van der Waals surface area contributed by atoms with E-state index >= 15 is 0 Å². The van der Waals surface area contributed by atoms with Gasteiger partial charge in [-0.05, 0) is 29.8 Å².